The summed E-state index contributed by atoms with van der Waals surface area (Å²) in [5, 5.41) is 0. The molecular weight excluding hydrogens is 198 g/mol. The molecule has 3 heteroatoms. The largest absolute Gasteiger partial charge is 0.296 e. The normalized spacial score (nSPS) is 12.5. The van der Waals surface area contributed by atoms with Gasteiger partial charge in [0.1, 0.15) is 0 Å². The molecule has 0 spiro atoms. The lowest BCUT2D eigenvalue weighted by Gasteiger charge is -2.01. The summed E-state index contributed by atoms with van der Waals surface area (Å²) in [4.78, 5) is 12.9. The zero-order chi connectivity index (χ0) is 11.4. The van der Waals surface area contributed by atoms with Gasteiger partial charge in [0.25, 0.3) is 0 Å². The van der Waals surface area contributed by atoms with Gasteiger partial charge in [-0.2, -0.15) is 0 Å². The van der Waals surface area contributed by atoms with Crippen molar-refractivity contribution in [1.82, 2.24) is 9.97 Å². The van der Waals surface area contributed by atoms with E-state index in [2.05, 4.69) is 15.0 Å². The molecule has 0 saturated carbocycles. The molecule has 3 nitrogen and oxygen atoms in total. The predicted molar refractivity (Wildman–Crippen MR) is 67.6 cm³/mol. The Hall–Kier alpha value is -2.03. The summed E-state index contributed by atoms with van der Waals surface area (Å²) in [7, 11) is 1.75. The number of aromatic nitrogens is 2. The van der Waals surface area contributed by atoms with E-state index in [4.69, 9.17) is 0 Å². The number of benzene rings is 1. The van der Waals surface area contributed by atoms with E-state index in [0.29, 0.717) is 0 Å². The number of para-hydroxylation sites is 2. The third-order valence-corrected chi connectivity index (χ3v) is 2.32. The Morgan fingerprint density at radius 2 is 2.00 bits per heavy atom. The number of allylic oxidation sites excluding steroid dienone is 2. The van der Waals surface area contributed by atoms with E-state index in [-0.39, 0.29) is 0 Å². The van der Waals surface area contributed by atoms with Gasteiger partial charge in [-0.1, -0.05) is 18.2 Å². The molecule has 16 heavy (non-hydrogen) atoms. The highest BCUT2D eigenvalue weighted by atomic mass is 14.8. The standard InChI is InChI=1S/C13H13N3/c1-3-10(8-14-2)13-9-15-11-6-4-5-7-12(11)16-13/h3-9H,1-2H3/b10-3+,14-8?. The first-order valence-corrected chi connectivity index (χ1v) is 5.16. The van der Waals surface area contributed by atoms with Crippen LogP contribution in [-0.2, 0) is 0 Å². The molecule has 0 aliphatic heterocycles. The van der Waals surface area contributed by atoms with Crippen molar-refractivity contribution in [2.75, 3.05) is 7.05 Å². The molecule has 0 fully saturated rings. The van der Waals surface area contributed by atoms with E-state index in [1.54, 1.807) is 19.5 Å². The van der Waals surface area contributed by atoms with Crippen molar-refractivity contribution in [3.63, 3.8) is 0 Å². The van der Waals surface area contributed by atoms with Crippen LogP contribution >= 0.6 is 0 Å². The number of rotatable bonds is 2. The van der Waals surface area contributed by atoms with E-state index >= 15 is 0 Å². The van der Waals surface area contributed by atoms with Gasteiger partial charge in [-0.25, -0.2) is 4.98 Å². The van der Waals surface area contributed by atoms with Crippen LogP contribution in [0, 0.1) is 0 Å². The highest BCUT2D eigenvalue weighted by Crippen LogP contribution is 2.13. The minimum atomic E-state index is 0.854. The maximum Gasteiger partial charge on any atom is 0.0905 e. The molecule has 1 aromatic carbocycles. The molecule has 0 amide bonds. The molecule has 0 unspecified atom stereocenters. The molecule has 0 bridgehead atoms. The topological polar surface area (TPSA) is 38.1 Å². The van der Waals surface area contributed by atoms with Gasteiger partial charge < -0.3 is 0 Å². The average molecular weight is 211 g/mol. The third-order valence-electron chi connectivity index (χ3n) is 2.32. The predicted octanol–water partition coefficient (Wildman–Crippen LogP) is 2.73. The molecule has 2 rings (SSSR count). The summed E-state index contributed by atoms with van der Waals surface area (Å²) >= 11 is 0. The first-order chi connectivity index (χ1) is 7.85. The summed E-state index contributed by atoms with van der Waals surface area (Å²) in [6.45, 7) is 1.97. The highest BCUT2D eigenvalue weighted by molar-refractivity contribution is 6.09. The molecule has 1 aromatic heterocycles. The second-order valence-electron chi connectivity index (χ2n) is 3.38. The summed E-state index contributed by atoms with van der Waals surface area (Å²) in [6.07, 6.45) is 5.55. The molecule has 0 atom stereocenters. The minimum absolute atomic E-state index is 0.854. The number of fused-ring (bicyclic) bond motifs is 1. The Morgan fingerprint density at radius 3 is 2.69 bits per heavy atom. The molecule has 0 radical (unpaired) electrons. The van der Waals surface area contributed by atoms with Gasteiger partial charge in [0.15, 0.2) is 0 Å². The second-order valence-corrected chi connectivity index (χ2v) is 3.38. The van der Waals surface area contributed by atoms with Gasteiger partial charge >= 0.3 is 0 Å². The minimum Gasteiger partial charge on any atom is -0.296 e. The van der Waals surface area contributed by atoms with Crippen LogP contribution in [0.1, 0.15) is 12.6 Å². The molecule has 80 valence electrons. The lowest BCUT2D eigenvalue weighted by Crippen LogP contribution is -1.93. The van der Waals surface area contributed by atoms with E-state index in [9.17, 15) is 0 Å². The average Bonchev–Trinajstić information content (AvgIpc) is 2.35. The van der Waals surface area contributed by atoms with Crippen LogP contribution in [0.5, 0.6) is 0 Å². The van der Waals surface area contributed by atoms with E-state index in [0.717, 1.165) is 22.3 Å². The Bertz CT molecular complexity index is 556. The van der Waals surface area contributed by atoms with Gasteiger partial charge in [0, 0.05) is 18.8 Å². The summed E-state index contributed by atoms with van der Waals surface area (Å²) in [5.74, 6) is 0. The summed E-state index contributed by atoms with van der Waals surface area (Å²) < 4.78 is 0. The van der Waals surface area contributed by atoms with Crippen molar-refractivity contribution in [3.8, 4) is 0 Å². The van der Waals surface area contributed by atoms with Crippen LogP contribution in [0.3, 0.4) is 0 Å². The number of aliphatic imine (C=N–C) groups is 1. The van der Waals surface area contributed by atoms with Gasteiger partial charge in [0.05, 0.1) is 22.9 Å². The van der Waals surface area contributed by atoms with Crippen LogP contribution in [0.25, 0.3) is 16.6 Å². The van der Waals surface area contributed by atoms with Gasteiger partial charge in [0.2, 0.25) is 0 Å². The van der Waals surface area contributed by atoms with Crippen molar-refractivity contribution in [3.05, 3.63) is 42.2 Å². The Kier molecular flexibility index (Phi) is 3.05. The van der Waals surface area contributed by atoms with E-state index < -0.39 is 0 Å². The lowest BCUT2D eigenvalue weighted by atomic mass is 10.2. The van der Waals surface area contributed by atoms with Crippen molar-refractivity contribution in [2.45, 2.75) is 6.92 Å². The van der Waals surface area contributed by atoms with E-state index in [1.807, 2.05) is 37.3 Å². The zero-order valence-electron chi connectivity index (χ0n) is 9.38. The van der Waals surface area contributed by atoms with Crippen molar-refractivity contribution in [1.29, 1.82) is 0 Å². The van der Waals surface area contributed by atoms with Crippen molar-refractivity contribution in [2.24, 2.45) is 4.99 Å². The fourth-order valence-electron chi connectivity index (χ4n) is 1.52. The first-order valence-electron chi connectivity index (χ1n) is 5.16. The van der Waals surface area contributed by atoms with Crippen molar-refractivity contribution >= 4 is 22.8 Å². The van der Waals surface area contributed by atoms with Crippen LogP contribution in [0.15, 0.2) is 41.5 Å². The first kappa shape index (κ1) is 10.5. The number of hydrogen-bond acceptors (Lipinski definition) is 3. The summed E-state index contributed by atoms with van der Waals surface area (Å²) in [5.41, 5.74) is 3.66. The Morgan fingerprint density at radius 1 is 1.25 bits per heavy atom. The maximum atomic E-state index is 4.54. The van der Waals surface area contributed by atoms with Gasteiger partial charge in [-0.3, -0.25) is 9.98 Å². The van der Waals surface area contributed by atoms with Gasteiger partial charge in [-0.05, 0) is 19.1 Å². The molecule has 0 saturated heterocycles. The van der Waals surface area contributed by atoms with E-state index in [1.165, 1.54) is 0 Å². The lowest BCUT2D eigenvalue weighted by molar-refractivity contribution is 1.26. The quantitative estimate of drug-likeness (QED) is 0.716. The van der Waals surface area contributed by atoms with Crippen molar-refractivity contribution < 1.29 is 0 Å². The van der Waals surface area contributed by atoms with Crippen LogP contribution in [0.4, 0.5) is 0 Å². The number of hydrogen-bond donors (Lipinski definition) is 0. The maximum absolute atomic E-state index is 4.54. The zero-order valence-corrected chi connectivity index (χ0v) is 9.38. The smallest absolute Gasteiger partial charge is 0.0905 e. The molecule has 0 aliphatic carbocycles. The van der Waals surface area contributed by atoms with Crippen LogP contribution in [0.2, 0.25) is 0 Å². The SMILES string of the molecule is C/C=C(\C=NC)c1cnc2ccccc2n1. The Balaban J connectivity index is 2.54. The molecular formula is C13H13N3. The summed E-state index contributed by atoms with van der Waals surface area (Å²) in [6, 6.07) is 7.84. The second kappa shape index (κ2) is 4.66. The van der Waals surface area contributed by atoms with Crippen LogP contribution in [-0.4, -0.2) is 23.2 Å². The molecule has 0 aliphatic rings. The fourth-order valence-corrected chi connectivity index (χ4v) is 1.52. The molecule has 1 heterocycles. The fraction of sp³-hybridized carbons (Fsp3) is 0.154. The van der Waals surface area contributed by atoms with Gasteiger partial charge in [-0.15, -0.1) is 0 Å². The molecule has 0 N–H and O–H groups in total. The highest BCUT2D eigenvalue weighted by Gasteiger charge is 2.01. The number of nitrogens with zero attached hydrogens (tertiary/aromatic N) is 3. The Labute approximate surface area is 94.6 Å². The third kappa shape index (κ3) is 1.98. The monoisotopic (exact) mass is 211 g/mol. The van der Waals surface area contributed by atoms with Crippen LogP contribution < -0.4 is 0 Å². The molecule has 2 aromatic rings.